The van der Waals surface area contributed by atoms with Crippen molar-refractivity contribution < 1.29 is 4.39 Å². The Morgan fingerprint density at radius 1 is 1.47 bits per heavy atom. The van der Waals surface area contributed by atoms with Gasteiger partial charge in [-0.1, -0.05) is 24.1 Å². The van der Waals surface area contributed by atoms with Crippen LogP contribution in [0, 0.1) is 12.7 Å². The van der Waals surface area contributed by atoms with Crippen LogP contribution in [0.4, 0.5) is 4.39 Å². The van der Waals surface area contributed by atoms with E-state index in [-0.39, 0.29) is 11.2 Å². The number of nitrogens with two attached hydrogens (primary N) is 1. The van der Waals surface area contributed by atoms with Gasteiger partial charge in [-0.05, 0) is 31.4 Å². The van der Waals surface area contributed by atoms with Gasteiger partial charge in [-0.15, -0.1) is 0 Å². The molecule has 0 spiro atoms. The summed E-state index contributed by atoms with van der Waals surface area (Å²) in [7, 11) is 0. The van der Waals surface area contributed by atoms with Crippen LogP contribution in [0.15, 0.2) is 12.1 Å². The fraction of sp³-hybridized carbons (Fsp3) is 0.500. The number of hydrogen-bond donors (Lipinski definition) is 1. The average molecular weight is 228 g/mol. The SMILES string of the molecule is Cc1ccc(Cl)c(C2(CN)CCC2)c1F. The van der Waals surface area contributed by atoms with E-state index in [1.807, 2.05) is 0 Å². The zero-order valence-electron chi connectivity index (χ0n) is 8.82. The molecular weight excluding hydrogens is 213 g/mol. The Morgan fingerprint density at radius 3 is 2.60 bits per heavy atom. The molecule has 1 aromatic carbocycles. The Morgan fingerprint density at radius 2 is 2.13 bits per heavy atom. The summed E-state index contributed by atoms with van der Waals surface area (Å²) in [4.78, 5) is 0. The molecule has 1 fully saturated rings. The molecule has 0 unspecified atom stereocenters. The molecule has 0 heterocycles. The summed E-state index contributed by atoms with van der Waals surface area (Å²) in [5.74, 6) is -0.173. The van der Waals surface area contributed by atoms with Crippen LogP contribution >= 0.6 is 11.6 Å². The molecule has 0 saturated heterocycles. The van der Waals surface area contributed by atoms with E-state index in [0.717, 1.165) is 19.3 Å². The van der Waals surface area contributed by atoms with Crippen molar-refractivity contribution >= 4 is 11.6 Å². The number of hydrogen-bond acceptors (Lipinski definition) is 1. The van der Waals surface area contributed by atoms with Crippen LogP contribution < -0.4 is 5.73 Å². The predicted octanol–water partition coefficient (Wildman–Crippen LogP) is 3.17. The molecule has 0 atom stereocenters. The van der Waals surface area contributed by atoms with Crippen LogP contribution in [0.3, 0.4) is 0 Å². The Hall–Kier alpha value is -0.600. The van der Waals surface area contributed by atoms with Crippen molar-refractivity contribution in [2.75, 3.05) is 6.54 Å². The minimum Gasteiger partial charge on any atom is -0.330 e. The fourth-order valence-corrected chi connectivity index (χ4v) is 2.65. The number of aryl methyl sites for hydroxylation is 1. The molecule has 1 aliphatic rings. The summed E-state index contributed by atoms with van der Waals surface area (Å²) < 4.78 is 14.0. The molecule has 1 aliphatic carbocycles. The maximum absolute atomic E-state index is 14.0. The van der Waals surface area contributed by atoms with Crippen molar-refractivity contribution in [1.29, 1.82) is 0 Å². The molecule has 0 radical (unpaired) electrons. The molecule has 15 heavy (non-hydrogen) atoms. The van der Waals surface area contributed by atoms with Crippen LogP contribution in [0.1, 0.15) is 30.4 Å². The van der Waals surface area contributed by atoms with Crippen LogP contribution in [-0.4, -0.2) is 6.54 Å². The molecule has 0 aliphatic heterocycles. The highest BCUT2D eigenvalue weighted by molar-refractivity contribution is 6.31. The molecule has 1 nitrogen and oxygen atoms in total. The molecule has 1 aromatic rings. The fourth-order valence-electron chi connectivity index (χ4n) is 2.30. The maximum Gasteiger partial charge on any atom is 0.131 e. The number of rotatable bonds is 2. The van der Waals surface area contributed by atoms with Crippen molar-refractivity contribution in [1.82, 2.24) is 0 Å². The van der Waals surface area contributed by atoms with Gasteiger partial charge in [0, 0.05) is 22.5 Å². The molecule has 0 bridgehead atoms. The number of benzene rings is 1. The first-order valence-corrected chi connectivity index (χ1v) is 5.64. The second-order valence-electron chi connectivity index (χ2n) is 4.39. The summed E-state index contributed by atoms with van der Waals surface area (Å²) in [6.45, 7) is 2.24. The quantitative estimate of drug-likeness (QED) is 0.825. The van der Waals surface area contributed by atoms with E-state index in [9.17, 15) is 4.39 Å². The van der Waals surface area contributed by atoms with Crippen molar-refractivity contribution in [3.05, 3.63) is 34.1 Å². The van der Waals surface area contributed by atoms with Crippen LogP contribution in [0.2, 0.25) is 5.02 Å². The third-order valence-electron chi connectivity index (χ3n) is 3.52. The van der Waals surface area contributed by atoms with Gasteiger partial charge in [0.25, 0.3) is 0 Å². The van der Waals surface area contributed by atoms with E-state index in [1.165, 1.54) is 0 Å². The van der Waals surface area contributed by atoms with Gasteiger partial charge in [0.1, 0.15) is 5.82 Å². The van der Waals surface area contributed by atoms with E-state index in [1.54, 1.807) is 19.1 Å². The zero-order valence-corrected chi connectivity index (χ0v) is 9.57. The summed E-state index contributed by atoms with van der Waals surface area (Å²) >= 11 is 6.08. The second kappa shape index (κ2) is 3.76. The van der Waals surface area contributed by atoms with E-state index in [0.29, 0.717) is 22.7 Å². The van der Waals surface area contributed by atoms with Crippen molar-refractivity contribution in [3.63, 3.8) is 0 Å². The van der Waals surface area contributed by atoms with Gasteiger partial charge in [-0.25, -0.2) is 4.39 Å². The summed E-state index contributed by atoms with van der Waals surface area (Å²) in [6, 6.07) is 3.48. The van der Waals surface area contributed by atoms with Gasteiger partial charge < -0.3 is 5.73 Å². The lowest BCUT2D eigenvalue weighted by atomic mass is 9.64. The maximum atomic E-state index is 14.0. The van der Waals surface area contributed by atoms with Gasteiger partial charge in [0.2, 0.25) is 0 Å². The van der Waals surface area contributed by atoms with Gasteiger partial charge in [-0.2, -0.15) is 0 Å². The third kappa shape index (κ3) is 1.56. The minimum atomic E-state index is -0.201. The Bertz CT molecular complexity index is 380. The highest BCUT2D eigenvalue weighted by Gasteiger charge is 2.41. The van der Waals surface area contributed by atoms with E-state index in [4.69, 9.17) is 17.3 Å². The summed E-state index contributed by atoms with van der Waals surface area (Å²) in [5.41, 5.74) is 6.85. The van der Waals surface area contributed by atoms with Gasteiger partial charge in [0.15, 0.2) is 0 Å². The van der Waals surface area contributed by atoms with Gasteiger partial charge >= 0.3 is 0 Å². The lowest BCUT2D eigenvalue weighted by Crippen LogP contribution is -2.42. The average Bonchev–Trinajstić information content (AvgIpc) is 2.16. The van der Waals surface area contributed by atoms with Gasteiger partial charge in [-0.3, -0.25) is 0 Å². The zero-order chi connectivity index (χ0) is 11.1. The first kappa shape index (κ1) is 10.9. The second-order valence-corrected chi connectivity index (χ2v) is 4.80. The first-order chi connectivity index (χ1) is 7.10. The van der Waals surface area contributed by atoms with E-state index < -0.39 is 0 Å². The lowest BCUT2D eigenvalue weighted by molar-refractivity contribution is 0.244. The monoisotopic (exact) mass is 227 g/mol. The standard InChI is InChI=1S/C12H15ClFN/c1-8-3-4-9(13)10(11(8)14)12(7-15)5-2-6-12/h3-4H,2,5-7,15H2,1H3. The van der Waals surface area contributed by atoms with E-state index in [2.05, 4.69) is 0 Å². The van der Waals surface area contributed by atoms with Crippen LogP contribution in [0.5, 0.6) is 0 Å². The largest absolute Gasteiger partial charge is 0.330 e. The summed E-state index contributed by atoms with van der Waals surface area (Å²) in [5, 5.41) is 0.517. The molecule has 3 heteroatoms. The smallest absolute Gasteiger partial charge is 0.131 e. The molecule has 1 saturated carbocycles. The molecule has 0 aromatic heterocycles. The summed E-state index contributed by atoms with van der Waals surface area (Å²) in [6.07, 6.45) is 3.01. The van der Waals surface area contributed by atoms with Crippen molar-refractivity contribution in [3.8, 4) is 0 Å². The lowest BCUT2D eigenvalue weighted by Gasteiger charge is -2.42. The first-order valence-electron chi connectivity index (χ1n) is 5.26. The molecule has 2 N–H and O–H groups in total. The Kier molecular flexibility index (Phi) is 2.73. The highest BCUT2D eigenvalue weighted by Crippen LogP contribution is 2.46. The van der Waals surface area contributed by atoms with Crippen molar-refractivity contribution in [2.45, 2.75) is 31.6 Å². The van der Waals surface area contributed by atoms with Gasteiger partial charge in [0.05, 0.1) is 0 Å². The number of halogens is 2. The van der Waals surface area contributed by atoms with Crippen molar-refractivity contribution in [2.24, 2.45) is 5.73 Å². The Labute approximate surface area is 94.4 Å². The Balaban J connectivity index is 2.55. The predicted molar refractivity (Wildman–Crippen MR) is 60.7 cm³/mol. The normalized spacial score (nSPS) is 18.7. The van der Waals surface area contributed by atoms with Crippen LogP contribution in [0.25, 0.3) is 0 Å². The van der Waals surface area contributed by atoms with E-state index >= 15 is 0 Å². The van der Waals surface area contributed by atoms with Crippen LogP contribution in [-0.2, 0) is 5.41 Å². The topological polar surface area (TPSA) is 26.0 Å². The molecular formula is C12H15ClFN. The third-order valence-corrected chi connectivity index (χ3v) is 3.83. The molecule has 82 valence electrons. The molecule has 0 amide bonds. The minimum absolute atomic E-state index is 0.173. The highest BCUT2D eigenvalue weighted by atomic mass is 35.5. The molecule has 2 rings (SSSR count).